The number of anilines is 2. The fourth-order valence-corrected chi connectivity index (χ4v) is 3.10. The molecule has 0 saturated carbocycles. The Morgan fingerprint density at radius 1 is 0.926 bits per heavy atom. The highest BCUT2D eigenvalue weighted by Gasteiger charge is 2.20. The molecule has 1 amide bonds. The molecular formula is C23H20N2O2. The molecule has 0 radical (unpaired) electrons. The summed E-state index contributed by atoms with van der Waals surface area (Å²) in [7, 11) is 0. The second-order valence-electron chi connectivity index (χ2n) is 6.47. The number of benzene rings is 3. The number of hydrogen-bond donors (Lipinski definition) is 2. The molecule has 0 spiro atoms. The van der Waals surface area contributed by atoms with E-state index in [2.05, 4.69) is 35.8 Å². The molecule has 27 heavy (non-hydrogen) atoms. The maximum atomic E-state index is 12.8. The largest absolute Gasteiger partial charge is 0.449 e. The van der Waals surface area contributed by atoms with Gasteiger partial charge in [0, 0.05) is 17.6 Å². The summed E-state index contributed by atoms with van der Waals surface area (Å²) in [5.41, 5.74) is 4.47. The Labute approximate surface area is 157 Å². The van der Waals surface area contributed by atoms with E-state index in [9.17, 15) is 4.79 Å². The number of para-hydroxylation sites is 2. The van der Waals surface area contributed by atoms with Gasteiger partial charge in [0.1, 0.15) is 5.58 Å². The van der Waals surface area contributed by atoms with Crippen molar-refractivity contribution in [1.82, 2.24) is 0 Å². The van der Waals surface area contributed by atoms with Gasteiger partial charge in [0.15, 0.2) is 0 Å². The Morgan fingerprint density at radius 3 is 2.52 bits per heavy atom. The fraction of sp³-hybridized carbons (Fsp3) is 0.0870. The number of nitrogens with one attached hydrogen (secondary N) is 2. The summed E-state index contributed by atoms with van der Waals surface area (Å²) in [6, 6.07) is 25.3. The van der Waals surface area contributed by atoms with Crippen molar-refractivity contribution in [2.75, 3.05) is 10.6 Å². The second kappa shape index (κ2) is 7.38. The number of carbonyl (C=O) groups excluding carboxylic acids is 1. The Balaban J connectivity index is 1.65. The maximum Gasteiger partial charge on any atom is 0.293 e. The molecule has 4 aromatic rings. The van der Waals surface area contributed by atoms with Gasteiger partial charge in [-0.1, -0.05) is 60.2 Å². The molecule has 0 atom stereocenters. The highest BCUT2D eigenvalue weighted by molar-refractivity contribution is 6.11. The lowest BCUT2D eigenvalue weighted by Crippen LogP contribution is -2.13. The quantitative estimate of drug-likeness (QED) is 0.489. The van der Waals surface area contributed by atoms with Gasteiger partial charge >= 0.3 is 0 Å². The van der Waals surface area contributed by atoms with E-state index in [1.54, 1.807) is 0 Å². The van der Waals surface area contributed by atoms with Crippen LogP contribution in [0.2, 0.25) is 0 Å². The number of carbonyl (C=O) groups is 1. The highest BCUT2D eigenvalue weighted by Crippen LogP contribution is 2.32. The third-order valence-electron chi connectivity index (χ3n) is 4.39. The highest BCUT2D eigenvalue weighted by atomic mass is 16.3. The van der Waals surface area contributed by atoms with E-state index in [1.807, 2.05) is 60.7 Å². The van der Waals surface area contributed by atoms with Crippen molar-refractivity contribution in [3.8, 4) is 0 Å². The summed E-state index contributed by atoms with van der Waals surface area (Å²) in [6.45, 7) is 2.67. The Bertz CT molecular complexity index is 1080. The van der Waals surface area contributed by atoms with Crippen LogP contribution in [0.5, 0.6) is 0 Å². The van der Waals surface area contributed by atoms with Crippen LogP contribution < -0.4 is 10.6 Å². The van der Waals surface area contributed by atoms with Crippen molar-refractivity contribution < 1.29 is 9.21 Å². The van der Waals surface area contributed by atoms with Crippen molar-refractivity contribution in [3.05, 3.63) is 95.7 Å². The molecule has 1 aromatic heterocycles. The Morgan fingerprint density at radius 2 is 1.70 bits per heavy atom. The van der Waals surface area contributed by atoms with Crippen LogP contribution in [0, 0.1) is 6.92 Å². The third kappa shape index (κ3) is 3.70. The second-order valence-corrected chi connectivity index (χ2v) is 6.47. The van der Waals surface area contributed by atoms with Crippen LogP contribution >= 0.6 is 0 Å². The first kappa shape index (κ1) is 16.9. The molecule has 0 saturated heterocycles. The van der Waals surface area contributed by atoms with Gasteiger partial charge in [0.05, 0.1) is 5.69 Å². The Kier molecular flexibility index (Phi) is 4.62. The third-order valence-corrected chi connectivity index (χ3v) is 4.39. The van der Waals surface area contributed by atoms with E-state index in [0.717, 1.165) is 16.6 Å². The number of hydrogen-bond acceptors (Lipinski definition) is 3. The Hall–Kier alpha value is -3.53. The monoisotopic (exact) mass is 356 g/mol. The summed E-state index contributed by atoms with van der Waals surface area (Å²) in [4.78, 5) is 12.8. The van der Waals surface area contributed by atoms with E-state index < -0.39 is 0 Å². The zero-order valence-corrected chi connectivity index (χ0v) is 15.0. The number of aryl methyl sites for hydroxylation is 1. The summed E-state index contributed by atoms with van der Waals surface area (Å²) in [6.07, 6.45) is 0. The number of furan rings is 1. The summed E-state index contributed by atoms with van der Waals surface area (Å²) in [5.74, 6) is 0.0110. The first-order chi connectivity index (χ1) is 13.2. The number of fused-ring (bicyclic) bond motifs is 1. The standard InChI is InChI=1S/C23H20N2O2/c1-16-8-7-9-17(14-16)15-24-21-19-12-5-6-13-20(19)27-22(21)23(26)25-18-10-3-2-4-11-18/h2-14,24H,15H2,1H3,(H,25,26). The molecule has 0 aliphatic carbocycles. The molecule has 0 aliphatic rings. The zero-order chi connectivity index (χ0) is 18.6. The van der Waals surface area contributed by atoms with Gasteiger partial charge in [-0.25, -0.2) is 0 Å². The van der Waals surface area contributed by atoms with Gasteiger partial charge in [-0.2, -0.15) is 0 Å². The van der Waals surface area contributed by atoms with Crippen LogP contribution in [-0.2, 0) is 6.54 Å². The van der Waals surface area contributed by atoms with Crippen LogP contribution in [0.15, 0.2) is 83.3 Å². The average Bonchev–Trinajstić information content (AvgIpc) is 3.06. The normalized spacial score (nSPS) is 10.7. The zero-order valence-electron chi connectivity index (χ0n) is 15.0. The smallest absolute Gasteiger partial charge is 0.293 e. The van der Waals surface area contributed by atoms with Crippen molar-refractivity contribution in [2.24, 2.45) is 0 Å². The van der Waals surface area contributed by atoms with E-state index in [-0.39, 0.29) is 11.7 Å². The van der Waals surface area contributed by atoms with Crippen molar-refractivity contribution in [3.63, 3.8) is 0 Å². The van der Waals surface area contributed by atoms with Crippen molar-refractivity contribution in [2.45, 2.75) is 13.5 Å². The minimum Gasteiger partial charge on any atom is -0.449 e. The molecule has 4 heteroatoms. The SMILES string of the molecule is Cc1cccc(CNc2c(C(=O)Nc3ccccc3)oc3ccccc23)c1. The molecule has 0 aliphatic heterocycles. The van der Waals surface area contributed by atoms with Crippen LogP contribution in [0.1, 0.15) is 21.7 Å². The molecule has 1 heterocycles. The fourth-order valence-electron chi connectivity index (χ4n) is 3.10. The van der Waals surface area contributed by atoms with Crippen molar-refractivity contribution >= 4 is 28.3 Å². The first-order valence-corrected chi connectivity index (χ1v) is 8.88. The average molecular weight is 356 g/mol. The molecule has 3 aromatic carbocycles. The van der Waals surface area contributed by atoms with E-state index >= 15 is 0 Å². The summed E-state index contributed by atoms with van der Waals surface area (Å²) >= 11 is 0. The van der Waals surface area contributed by atoms with Gasteiger partial charge in [0.2, 0.25) is 5.76 Å². The maximum absolute atomic E-state index is 12.8. The van der Waals surface area contributed by atoms with E-state index in [1.165, 1.54) is 5.56 Å². The number of rotatable bonds is 5. The lowest BCUT2D eigenvalue weighted by atomic mass is 10.1. The summed E-state index contributed by atoms with van der Waals surface area (Å²) in [5, 5.41) is 7.18. The molecule has 0 fully saturated rings. The molecule has 4 rings (SSSR count). The van der Waals surface area contributed by atoms with Gasteiger partial charge in [-0.3, -0.25) is 4.79 Å². The molecule has 0 bridgehead atoms. The summed E-state index contributed by atoms with van der Waals surface area (Å²) < 4.78 is 5.87. The minimum atomic E-state index is -0.274. The minimum absolute atomic E-state index is 0.274. The van der Waals surface area contributed by atoms with Gasteiger partial charge in [-0.15, -0.1) is 0 Å². The van der Waals surface area contributed by atoms with E-state index in [0.29, 0.717) is 17.8 Å². The van der Waals surface area contributed by atoms with Crippen molar-refractivity contribution in [1.29, 1.82) is 0 Å². The lowest BCUT2D eigenvalue weighted by molar-refractivity contribution is 0.0999. The first-order valence-electron chi connectivity index (χ1n) is 8.88. The molecule has 0 unspecified atom stereocenters. The van der Waals surface area contributed by atoms with Crippen LogP contribution in [0.3, 0.4) is 0 Å². The topological polar surface area (TPSA) is 54.3 Å². The molecule has 134 valence electrons. The van der Waals surface area contributed by atoms with E-state index in [4.69, 9.17) is 4.42 Å². The number of amides is 1. The van der Waals surface area contributed by atoms with Crippen LogP contribution in [0.4, 0.5) is 11.4 Å². The van der Waals surface area contributed by atoms with Gasteiger partial charge < -0.3 is 15.1 Å². The predicted molar refractivity (Wildman–Crippen MR) is 109 cm³/mol. The molecular weight excluding hydrogens is 336 g/mol. The predicted octanol–water partition coefficient (Wildman–Crippen LogP) is 5.61. The molecule has 2 N–H and O–H groups in total. The molecule has 4 nitrogen and oxygen atoms in total. The van der Waals surface area contributed by atoms with Gasteiger partial charge in [-0.05, 0) is 36.8 Å². The van der Waals surface area contributed by atoms with Crippen LogP contribution in [-0.4, -0.2) is 5.91 Å². The van der Waals surface area contributed by atoms with Crippen LogP contribution in [0.25, 0.3) is 11.0 Å². The van der Waals surface area contributed by atoms with Gasteiger partial charge in [0.25, 0.3) is 5.91 Å². The lowest BCUT2D eigenvalue weighted by Gasteiger charge is -2.09.